The molecule has 0 saturated carbocycles. The van der Waals surface area contributed by atoms with E-state index >= 15 is 0 Å². The lowest BCUT2D eigenvalue weighted by atomic mass is 10.2. The molecule has 1 N–H and O–H groups in total. The van der Waals surface area contributed by atoms with Crippen molar-refractivity contribution in [3.63, 3.8) is 0 Å². The molecule has 24 heavy (non-hydrogen) atoms. The summed E-state index contributed by atoms with van der Waals surface area (Å²) >= 11 is 5.86. The first-order valence-corrected chi connectivity index (χ1v) is 7.97. The van der Waals surface area contributed by atoms with Gasteiger partial charge in [-0.15, -0.1) is 5.10 Å². The van der Waals surface area contributed by atoms with Gasteiger partial charge in [-0.25, -0.2) is 9.67 Å². The molecule has 8 heteroatoms. The Labute approximate surface area is 144 Å². The number of carbonyl (C=O) groups is 1. The molecule has 3 rings (SSSR count). The summed E-state index contributed by atoms with van der Waals surface area (Å²) in [6, 6.07) is 9.45. The molecule has 0 bridgehead atoms. The fourth-order valence-electron chi connectivity index (χ4n) is 2.37. The summed E-state index contributed by atoms with van der Waals surface area (Å²) in [6.07, 6.45) is 5.30. The monoisotopic (exact) mass is 344 g/mol. The van der Waals surface area contributed by atoms with Crippen LogP contribution in [-0.4, -0.2) is 30.5 Å². The van der Waals surface area contributed by atoms with Gasteiger partial charge in [0.1, 0.15) is 12.4 Å². The Morgan fingerprint density at radius 2 is 2.12 bits per heavy atom. The van der Waals surface area contributed by atoms with Crippen molar-refractivity contribution < 1.29 is 4.79 Å². The Bertz CT molecular complexity index is 813. The second kappa shape index (κ2) is 7.27. The fourth-order valence-corrected chi connectivity index (χ4v) is 2.51. The Kier molecular flexibility index (Phi) is 4.90. The molecule has 0 saturated heterocycles. The van der Waals surface area contributed by atoms with Gasteiger partial charge in [-0.05, 0) is 12.0 Å². The number of hydrogen-bond donors (Lipinski definition) is 1. The topological polar surface area (TPSA) is 77.6 Å². The van der Waals surface area contributed by atoms with Gasteiger partial charge in [-0.1, -0.05) is 48.9 Å². The molecule has 7 nitrogen and oxygen atoms in total. The van der Waals surface area contributed by atoms with E-state index in [4.69, 9.17) is 11.6 Å². The molecule has 1 unspecified atom stereocenters. The van der Waals surface area contributed by atoms with Crippen LogP contribution in [0.5, 0.6) is 0 Å². The maximum Gasteiger partial charge on any atom is 0.251 e. The van der Waals surface area contributed by atoms with Crippen molar-refractivity contribution in [2.75, 3.05) is 5.32 Å². The summed E-state index contributed by atoms with van der Waals surface area (Å²) in [7, 11) is 0. The molecule has 3 aromatic rings. The van der Waals surface area contributed by atoms with Gasteiger partial charge in [0.25, 0.3) is 5.91 Å². The molecule has 0 spiro atoms. The zero-order valence-electron chi connectivity index (χ0n) is 13.1. The van der Waals surface area contributed by atoms with Crippen LogP contribution in [0.15, 0.2) is 49.1 Å². The Balaban J connectivity index is 1.66. The zero-order valence-corrected chi connectivity index (χ0v) is 13.9. The minimum absolute atomic E-state index is 0.227. The molecule has 0 fully saturated rings. The second-order valence-electron chi connectivity index (χ2n) is 5.30. The molecular weight excluding hydrogens is 328 g/mol. The van der Waals surface area contributed by atoms with Gasteiger partial charge in [0.2, 0.25) is 5.95 Å². The largest absolute Gasteiger partial charge is 0.291 e. The van der Waals surface area contributed by atoms with Crippen LogP contribution in [0.4, 0.5) is 5.95 Å². The third-order valence-electron chi connectivity index (χ3n) is 3.54. The zero-order chi connectivity index (χ0) is 16.9. The molecule has 2 heterocycles. The van der Waals surface area contributed by atoms with E-state index in [1.54, 1.807) is 21.9 Å². The van der Waals surface area contributed by atoms with Gasteiger partial charge in [0, 0.05) is 6.20 Å². The number of aromatic nitrogens is 5. The van der Waals surface area contributed by atoms with Gasteiger partial charge < -0.3 is 0 Å². The normalized spacial score (nSPS) is 12.1. The Hall–Kier alpha value is -2.67. The van der Waals surface area contributed by atoms with E-state index in [1.807, 2.05) is 37.3 Å². The first-order chi connectivity index (χ1) is 11.7. The molecular formula is C16H17ClN6O. The van der Waals surface area contributed by atoms with Crippen molar-refractivity contribution in [1.82, 2.24) is 24.5 Å². The number of benzene rings is 1. The summed E-state index contributed by atoms with van der Waals surface area (Å²) in [4.78, 5) is 16.5. The van der Waals surface area contributed by atoms with E-state index in [1.165, 1.54) is 6.20 Å². The van der Waals surface area contributed by atoms with Crippen molar-refractivity contribution >= 4 is 23.5 Å². The molecule has 0 aliphatic heterocycles. The Morgan fingerprint density at radius 3 is 2.79 bits per heavy atom. The third-order valence-corrected chi connectivity index (χ3v) is 3.73. The van der Waals surface area contributed by atoms with Crippen LogP contribution < -0.4 is 5.32 Å². The molecule has 124 valence electrons. The molecule has 2 aromatic heterocycles. The van der Waals surface area contributed by atoms with Crippen molar-refractivity contribution in [3.05, 3.63) is 59.6 Å². The highest BCUT2D eigenvalue weighted by molar-refractivity contribution is 6.30. The summed E-state index contributed by atoms with van der Waals surface area (Å²) in [6.45, 7) is 2.50. The minimum atomic E-state index is -0.460. The number of halogens is 1. The summed E-state index contributed by atoms with van der Waals surface area (Å²) in [5, 5.41) is 11.6. The standard InChI is InChI=1S/C16H17ClN6O/c1-2-14(23-10-13(17)8-19-23)15(24)20-16-18-11-22(21-16)9-12-6-4-3-5-7-12/h3-8,10-11,14H,2,9H2,1H3,(H,20,21,24). The smallest absolute Gasteiger partial charge is 0.251 e. The highest BCUT2D eigenvalue weighted by Gasteiger charge is 2.20. The number of hydrogen-bond acceptors (Lipinski definition) is 4. The maximum absolute atomic E-state index is 12.4. The van der Waals surface area contributed by atoms with Crippen molar-refractivity contribution in [2.24, 2.45) is 0 Å². The minimum Gasteiger partial charge on any atom is -0.291 e. The molecule has 0 aliphatic rings. The van der Waals surface area contributed by atoms with E-state index in [0.717, 1.165) is 5.56 Å². The van der Waals surface area contributed by atoms with Crippen LogP contribution in [0.25, 0.3) is 0 Å². The van der Waals surface area contributed by atoms with Gasteiger partial charge in [0.05, 0.1) is 17.8 Å². The van der Waals surface area contributed by atoms with Crippen LogP contribution in [0, 0.1) is 0 Å². The van der Waals surface area contributed by atoms with Crippen LogP contribution in [0.3, 0.4) is 0 Å². The molecule has 1 atom stereocenters. The molecule has 0 aliphatic carbocycles. The van der Waals surface area contributed by atoms with Crippen LogP contribution in [-0.2, 0) is 11.3 Å². The molecule has 1 aromatic carbocycles. The van der Waals surface area contributed by atoms with Crippen LogP contribution in [0.1, 0.15) is 24.9 Å². The van der Waals surface area contributed by atoms with Crippen LogP contribution in [0.2, 0.25) is 5.02 Å². The number of rotatable bonds is 6. The Morgan fingerprint density at radius 1 is 1.33 bits per heavy atom. The average Bonchev–Trinajstić information content (AvgIpc) is 3.18. The summed E-state index contributed by atoms with van der Waals surface area (Å²) in [5.41, 5.74) is 1.11. The van der Waals surface area contributed by atoms with E-state index in [-0.39, 0.29) is 11.9 Å². The van der Waals surface area contributed by atoms with Gasteiger partial charge in [-0.2, -0.15) is 5.10 Å². The highest BCUT2D eigenvalue weighted by Crippen LogP contribution is 2.16. The van der Waals surface area contributed by atoms with E-state index < -0.39 is 6.04 Å². The lowest BCUT2D eigenvalue weighted by Crippen LogP contribution is -2.26. The first kappa shape index (κ1) is 16.2. The second-order valence-corrected chi connectivity index (χ2v) is 5.74. The average molecular weight is 345 g/mol. The number of amides is 1. The number of nitrogens with zero attached hydrogens (tertiary/aromatic N) is 5. The number of nitrogens with one attached hydrogen (secondary N) is 1. The van der Waals surface area contributed by atoms with Crippen molar-refractivity contribution in [1.29, 1.82) is 0 Å². The van der Waals surface area contributed by atoms with E-state index in [9.17, 15) is 4.79 Å². The lowest BCUT2D eigenvalue weighted by Gasteiger charge is -2.13. The van der Waals surface area contributed by atoms with Crippen molar-refractivity contribution in [3.8, 4) is 0 Å². The number of anilines is 1. The van der Waals surface area contributed by atoms with Gasteiger partial charge in [0.15, 0.2) is 0 Å². The SMILES string of the molecule is CCC(C(=O)Nc1ncn(Cc2ccccc2)n1)n1cc(Cl)cn1. The quantitative estimate of drug-likeness (QED) is 0.745. The predicted molar refractivity (Wildman–Crippen MR) is 90.8 cm³/mol. The van der Waals surface area contributed by atoms with E-state index in [0.29, 0.717) is 18.0 Å². The molecule has 0 radical (unpaired) electrons. The van der Waals surface area contributed by atoms with Crippen molar-refractivity contribution in [2.45, 2.75) is 25.9 Å². The van der Waals surface area contributed by atoms with Crippen LogP contribution >= 0.6 is 11.6 Å². The van der Waals surface area contributed by atoms with E-state index in [2.05, 4.69) is 20.5 Å². The number of carbonyl (C=O) groups excluding carboxylic acids is 1. The molecule has 1 amide bonds. The first-order valence-electron chi connectivity index (χ1n) is 7.59. The highest BCUT2D eigenvalue weighted by atomic mass is 35.5. The summed E-state index contributed by atoms with van der Waals surface area (Å²) < 4.78 is 3.22. The van der Waals surface area contributed by atoms with Gasteiger partial charge >= 0.3 is 0 Å². The third kappa shape index (κ3) is 3.80. The summed E-state index contributed by atoms with van der Waals surface area (Å²) in [5.74, 6) is 0.0439. The lowest BCUT2D eigenvalue weighted by molar-refractivity contribution is -0.119. The predicted octanol–water partition coefficient (Wildman–Crippen LogP) is 2.77. The fraction of sp³-hybridized carbons (Fsp3) is 0.250. The van der Waals surface area contributed by atoms with Gasteiger partial charge in [-0.3, -0.25) is 14.8 Å². The maximum atomic E-state index is 12.4.